The summed E-state index contributed by atoms with van der Waals surface area (Å²) in [7, 11) is 3.13. The average molecular weight is 433 g/mol. The molecular weight excluding hydrogens is 414 g/mol. The number of hydrogen-bond acceptors (Lipinski definition) is 8. The molecule has 0 saturated carbocycles. The molecule has 1 aliphatic carbocycles. The summed E-state index contributed by atoms with van der Waals surface area (Å²) in [4.78, 5) is 16.5. The van der Waals surface area contributed by atoms with Crippen LogP contribution in [0.15, 0.2) is 53.6 Å². The predicted molar refractivity (Wildman–Crippen MR) is 123 cm³/mol. The molecule has 0 atom stereocenters. The Balaban J connectivity index is 1.54. The number of allylic oxidation sites excluding steroid dienone is 2. The number of aromatic hydroxyl groups is 1. The maximum atomic E-state index is 12.4. The van der Waals surface area contributed by atoms with Crippen LogP contribution in [-0.2, 0) is 4.79 Å². The highest BCUT2D eigenvalue weighted by atomic mass is 32.1. The topological polar surface area (TPSA) is 93.0 Å². The number of hydrazone groups is 1. The molecule has 2 aromatic carbocycles. The molecular formula is C23H19N3O4S. The van der Waals surface area contributed by atoms with E-state index in [0.29, 0.717) is 27.1 Å². The summed E-state index contributed by atoms with van der Waals surface area (Å²) in [6, 6.07) is 13.0. The van der Waals surface area contributed by atoms with Gasteiger partial charge in [-0.05, 0) is 47.0 Å². The highest BCUT2D eigenvalue weighted by Crippen LogP contribution is 2.34. The Morgan fingerprint density at radius 3 is 2.71 bits per heavy atom. The lowest BCUT2D eigenvalue weighted by atomic mass is 9.91. The summed E-state index contributed by atoms with van der Waals surface area (Å²) >= 11 is 1.20. The molecule has 0 bridgehead atoms. The fourth-order valence-electron chi connectivity index (χ4n) is 3.11. The fraction of sp³-hybridized carbons (Fsp3) is 0.0870. The molecule has 1 aliphatic rings. The van der Waals surface area contributed by atoms with Gasteiger partial charge in [-0.3, -0.25) is 10.2 Å². The molecule has 8 heteroatoms. The van der Waals surface area contributed by atoms with Crippen molar-refractivity contribution in [2.24, 2.45) is 5.10 Å². The molecule has 2 N–H and O–H groups in total. The number of carbonyl (C=O) groups is 1. The van der Waals surface area contributed by atoms with Crippen LogP contribution in [0.5, 0.6) is 17.4 Å². The van der Waals surface area contributed by atoms with Crippen molar-refractivity contribution in [3.05, 3.63) is 70.2 Å². The van der Waals surface area contributed by atoms with Crippen LogP contribution in [0.4, 0.5) is 5.00 Å². The quantitative estimate of drug-likeness (QED) is 0.339. The molecule has 0 amide bonds. The number of anilines is 1. The molecule has 0 fully saturated rings. The van der Waals surface area contributed by atoms with Crippen molar-refractivity contribution in [3.63, 3.8) is 0 Å². The van der Waals surface area contributed by atoms with Gasteiger partial charge in [0.2, 0.25) is 5.88 Å². The first-order chi connectivity index (χ1) is 15.1. The summed E-state index contributed by atoms with van der Waals surface area (Å²) < 4.78 is 10.5. The van der Waals surface area contributed by atoms with E-state index in [0.717, 1.165) is 16.7 Å². The predicted octanol–water partition coefficient (Wildman–Crippen LogP) is 4.45. The number of nitrogens with one attached hydrogen (secondary N) is 1. The minimum atomic E-state index is -0.187. The van der Waals surface area contributed by atoms with Gasteiger partial charge in [-0.15, -0.1) is 0 Å². The second kappa shape index (κ2) is 8.85. The first kappa shape index (κ1) is 20.4. The monoisotopic (exact) mass is 433 g/mol. The van der Waals surface area contributed by atoms with E-state index in [2.05, 4.69) is 15.5 Å². The number of benzene rings is 2. The van der Waals surface area contributed by atoms with Crippen LogP contribution >= 0.6 is 11.3 Å². The van der Waals surface area contributed by atoms with Gasteiger partial charge in [0.25, 0.3) is 0 Å². The highest BCUT2D eigenvalue weighted by Gasteiger charge is 2.18. The van der Waals surface area contributed by atoms with Gasteiger partial charge >= 0.3 is 0 Å². The molecule has 0 unspecified atom stereocenters. The molecule has 4 rings (SSSR count). The molecule has 7 nitrogen and oxygen atoms in total. The maximum absolute atomic E-state index is 12.4. The molecule has 156 valence electrons. The molecule has 1 heterocycles. The first-order valence-electron chi connectivity index (χ1n) is 9.33. The van der Waals surface area contributed by atoms with Crippen LogP contribution in [0.1, 0.15) is 21.7 Å². The Labute approximate surface area is 183 Å². The minimum Gasteiger partial charge on any atom is -0.493 e. The third-order valence-electron chi connectivity index (χ3n) is 4.61. The zero-order valence-electron chi connectivity index (χ0n) is 16.8. The van der Waals surface area contributed by atoms with Crippen LogP contribution in [0.3, 0.4) is 0 Å². The number of thiazole rings is 1. The molecule has 0 saturated heterocycles. The normalized spacial score (nSPS) is 14.1. The van der Waals surface area contributed by atoms with Crippen LogP contribution < -0.4 is 14.9 Å². The molecule has 0 radical (unpaired) electrons. The molecule has 0 spiro atoms. The van der Waals surface area contributed by atoms with E-state index in [1.807, 2.05) is 30.3 Å². The number of hydrogen-bond donors (Lipinski definition) is 2. The SMILES string of the molecule is COc1ccc(/C=N/Nc2sc(/C=C3/C(=O)C=Cc4ccccc43)nc2O)cc1OC. The number of fused-ring (bicyclic) bond motifs is 1. The molecule has 1 aromatic heterocycles. The van der Waals surface area contributed by atoms with Crippen molar-refractivity contribution in [2.45, 2.75) is 0 Å². The fourth-order valence-corrected chi connectivity index (χ4v) is 3.86. The van der Waals surface area contributed by atoms with Crippen molar-refractivity contribution < 1.29 is 19.4 Å². The third-order valence-corrected chi connectivity index (χ3v) is 5.51. The lowest BCUT2D eigenvalue weighted by Gasteiger charge is -2.12. The van der Waals surface area contributed by atoms with Crippen molar-refractivity contribution in [3.8, 4) is 17.4 Å². The summed E-state index contributed by atoms with van der Waals surface area (Å²) in [6.45, 7) is 0. The maximum Gasteiger partial charge on any atom is 0.248 e. The van der Waals surface area contributed by atoms with Crippen molar-refractivity contribution in [1.29, 1.82) is 0 Å². The highest BCUT2D eigenvalue weighted by molar-refractivity contribution is 7.17. The number of aromatic nitrogens is 1. The summed E-state index contributed by atoms with van der Waals surface area (Å²) in [5.41, 5.74) is 5.91. The second-order valence-electron chi connectivity index (χ2n) is 6.53. The lowest BCUT2D eigenvalue weighted by Crippen LogP contribution is -2.04. The van der Waals surface area contributed by atoms with E-state index in [-0.39, 0.29) is 11.7 Å². The van der Waals surface area contributed by atoms with Gasteiger partial charge in [-0.2, -0.15) is 5.10 Å². The number of rotatable bonds is 6. The van der Waals surface area contributed by atoms with Gasteiger partial charge in [0.15, 0.2) is 22.3 Å². The minimum absolute atomic E-state index is 0.102. The Hall–Kier alpha value is -3.91. The summed E-state index contributed by atoms with van der Waals surface area (Å²) in [5.74, 6) is 0.925. The number of carbonyl (C=O) groups excluding carboxylic acids is 1. The average Bonchev–Trinajstić information content (AvgIpc) is 3.14. The zero-order chi connectivity index (χ0) is 21.8. The van der Waals surface area contributed by atoms with Gasteiger partial charge in [-0.1, -0.05) is 41.7 Å². The third kappa shape index (κ3) is 4.34. The number of nitrogens with zero attached hydrogens (tertiary/aromatic N) is 2. The van der Waals surface area contributed by atoms with Gasteiger partial charge in [0.05, 0.1) is 20.4 Å². The van der Waals surface area contributed by atoms with E-state index in [1.165, 1.54) is 17.4 Å². The van der Waals surface area contributed by atoms with E-state index < -0.39 is 0 Å². The van der Waals surface area contributed by atoms with Gasteiger partial charge in [-0.25, -0.2) is 4.98 Å². The Morgan fingerprint density at radius 1 is 1.10 bits per heavy atom. The van der Waals surface area contributed by atoms with Gasteiger partial charge in [0.1, 0.15) is 5.01 Å². The molecule has 0 aliphatic heterocycles. The second-order valence-corrected chi connectivity index (χ2v) is 7.56. The Morgan fingerprint density at radius 2 is 1.90 bits per heavy atom. The van der Waals surface area contributed by atoms with Crippen LogP contribution in [0, 0.1) is 0 Å². The van der Waals surface area contributed by atoms with Crippen molar-refractivity contribution in [1.82, 2.24) is 4.98 Å². The largest absolute Gasteiger partial charge is 0.493 e. The Bertz CT molecular complexity index is 1230. The molecule has 31 heavy (non-hydrogen) atoms. The van der Waals surface area contributed by atoms with Crippen molar-refractivity contribution in [2.75, 3.05) is 19.6 Å². The van der Waals surface area contributed by atoms with E-state index in [1.54, 1.807) is 44.7 Å². The number of ether oxygens (including phenoxy) is 2. The standard InChI is InChI=1S/C23H19N3O4S/c1-29-19-10-7-14(11-20(19)30-2)13-24-26-23-22(28)25-21(31-23)12-17-16-6-4-3-5-15(16)8-9-18(17)27/h3-13,26,28H,1-2H3/b17-12+,24-13+. The van der Waals surface area contributed by atoms with Crippen LogP contribution in [0.25, 0.3) is 17.7 Å². The van der Waals surface area contributed by atoms with E-state index >= 15 is 0 Å². The zero-order valence-corrected chi connectivity index (χ0v) is 17.6. The van der Waals surface area contributed by atoms with Crippen LogP contribution in [0.2, 0.25) is 0 Å². The summed E-state index contributed by atoms with van der Waals surface area (Å²) in [6.07, 6.45) is 6.60. The summed E-state index contributed by atoms with van der Waals surface area (Å²) in [5, 5.41) is 15.2. The van der Waals surface area contributed by atoms with E-state index in [9.17, 15) is 9.90 Å². The smallest absolute Gasteiger partial charge is 0.248 e. The van der Waals surface area contributed by atoms with Crippen LogP contribution in [-0.4, -0.2) is 36.3 Å². The lowest BCUT2D eigenvalue weighted by molar-refractivity contribution is -0.109. The number of methoxy groups -OCH3 is 2. The molecule has 3 aromatic rings. The Kier molecular flexibility index (Phi) is 5.81. The first-order valence-corrected chi connectivity index (χ1v) is 10.1. The van der Waals surface area contributed by atoms with E-state index in [4.69, 9.17) is 9.47 Å². The number of ketones is 1. The van der Waals surface area contributed by atoms with Gasteiger partial charge < -0.3 is 14.6 Å². The van der Waals surface area contributed by atoms with Gasteiger partial charge in [0, 0.05) is 5.57 Å². The van der Waals surface area contributed by atoms with Crippen molar-refractivity contribution >= 4 is 46.1 Å².